The van der Waals surface area contributed by atoms with Gasteiger partial charge in [0.15, 0.2) is 6.04 Å². The van der Waals surface area contributed by atoms with E-state index in [0.29, 0.717) is 10.0 Å². The molecule has 0 amide bonds. The number of ether oxygens (including phenoxy) is 1. The third kappa shape index (κ3) is 3.82. The maximum Gasteiger partial charge on any atom is 0.333 e. The fourth-order valence-electron chi connectivity index (χ4n) is 2.02. The summed E-state index contributed by atoms with van der Waals surface area (Å²) < 4.78 is 18.6. The highest BCUT2D eigenvalue weighted by molar-refractivity contribution is 9.10. The second-order valence-corrected chi connectivity index (χ2v) is 5.49. The number of esters is 1. The van der Waals surface area contributed by atoms with Crippen molar-refractivity contribution in [3.8, 4) is 0 Å². The third-order valence-electron chi connectivity index (χ3n) is 3.04. The summed E-state index contributed by atoms with van der Waals surface area (Å²) in [7, 11) is 1.32. The van der Waals surface area contributed by atoms with Crippen LogP contribution in [0.2, 0.25) is 0 Å². The number of carbonyl (C=O) groups is 1. The van der Waals surface area contributed by atoms with Crippen molar-refractivity contribution < 1.29 is 13.9 Å². The van der Waals surface area contributed by atoms with Crippen LogP contribution in [0.1, 0.15) is 17.2 Å². The molecule has 0 heterocycles. The highest BCUT2D eigenvalue weighted by Gasteiger charge is 2.23. The molecule has 1 N–H and O–H groups in total. The molecule has 0 aromatic heterocycles. The summed E-state index contributed by atoms with van der Waals surface area (Å²) in [5.74, 6) is -0.811. The van der Waals surface area contributed by atoms with Crippen molar-refractivity contribution in [3.05, 3.63) is 63.9 Å². The van der Waals surface area contributed by atoms with Gasteiger partial charge in [0.2, 0.25) is 0 Å². The lowest BCUT2D eigenvalue weighted by Crippen LogP contribution is -2.22. The zero-order valence-electron chi connectivity index (χ0n) is 11.7. The molecule has 0 aliphatic heterocycles. The highest BCUT2D eigenvalue weighted by Crippen LogP contribution is 2.28. The molecule has 2 aromatic rings. The van der Waals surface area contributed by atoms with Crippen LogP contribution in [0.25, 0.3) is 0 Å². The Labute approximate surface area is 131 Å². The van der Waals surface area contributed by atoms with Crippen LogP contribution in [0.15, 0.2) is 46.9 Å². The number of nitrogens with one attached hydrogen (secondary N) is 1. The van der Waals surface area contributed by atoms with Crippen LogP contribution in [-0.4, -0.2) is 13.1 Å². The van der Waals surface area contributed by atoms with Gasteiger partial charge in [-0.1, -0.05) is 34.1 Å². The molecule has 21 heavy (non-hydrogen) atoms. The smallest absolute Gasteiger partial charge is 0.333 e. The molecule has 2 rings (SSSR count). The first-order valence-corrected chi connectivity index (χ1v) is 7.16. The molecule has 0 saturated heterocycles. The van der Waals surface area contributed by atoms with E-state index in [4.69, 9.17) is 4.74 Å². The van der Waals surface area contributed by atoms with E-state index in [1.54, 1.807) is 6.07 Å². The number of hydrogen-bond acceptors (Lipinski definition) is 3. The summed E-state index contributed by atoms with van der Waals surface area (Å²) in [6, 6.07) is 11.1. The van der Waals surface area contributed by atoms with Gasteiger partial charge in [0, 0.05) is 10.2 Å². The summed E-state index contributed by atoms with van der Waals surface area (Å²) in [5, 5.41) is 3.12. The van der Waals surface area contributed by atoms with Crippen molar-refractivity contribution >= 4 is 27.6 Å². The van der Waals surface area contributed by atoms with Gasteiger partial charge in [-0.2, -0.15) is 0 Å². The van der Waals surface area contributed by atoms with Gasteiger partial charge in [-0.25, -0.2) is 9.18 Å². The number of halogens is 2. The average molecular weight is 352 g/mol. The average Bonchev–Trinajstić information content (AvgIpc) is 2.45. The topological polar surface area (TPSA) is 38.3 Å². The first-order valence-electron chi connectivity index (χ1n) is 6.37. The molecule has 0 radical (unpaired) electrons. The lowest BCUT2D eigenvalue weighted by molar-refractivity contribution is -0.141. The summed E-state index contributed by atoms with van der Waals surface area (Å²) >= 11 is 3.29. The van der Waals surface area contributed by atoms with Crippen molar-refractivity contribution in [2.75, 3.05) is 12.4 Å². The fraction of sp³-hybridized carbons (Fsp3) is 0.188. The van der Waals surface area contributed by atoms with Gasteiger partial charge in [0.1, 0.15) is 5.82 Å². The second-order valence-electron chi connectivity index (χ2n) is 4.64. The van der Waals surface area contributed by atoms with Crippen molar-refractivity contribution in [1.29, 1.82) is 0 Å². The Morgan fingerprint density at radius 1 is 1.29 bits per heavy atom. The van der Waals surface area contributed by atoms with Crippen LogP contribution >= 0.6 is 15.9 Å². The number of benzene rings is 2. The Balaban J connectivity index is 2.37. The standard InChI is InChI=1S/C16H15BrFNO2/c1-10-4-3-5-12(8-10)19-15(16(20)21-2)13-7-6-11(18)9-14(13)17/h3-9,15,19H,1-2H3. The Morgan fingerprint density at radius 2 is 2.05 bits per heavy atom. The fourth-order valence-corrected chi connectivity index (χ4v) is 2.60. The molecule has 0 saturated carbocycles. The summed E-state index contributed by atoms with van der Waals surface area (Å²) in [6.45, 7) is 1.96. The molecule has 110 valence electrons. The van der Waals surface area contributed by atoms with E-state index in [0.717, 1.165) is 11.3 Å². The maximum atomic E-state index is 13.2. The molecule has 0 spiro atoms. The lowest BCUT2D eigenvalue weighted by Gasteiger charge is -2.19. The van der Waals surface area contributed by atoms with Crippen LogP contribution in [-0.2, 0) is 9.53 Å². The van der Waals surface area contributed by atoms with Crippen molar-refractivity contribution in [3.63, 3.8) is 0 Å². The minimum absolute atomic E-state index is 0.371. The Bertz CT molecular complexity index is 660. The number of methoxy groups -OCH3 is 1. The van der Waals surface area contributed by atoms with E-state index >= 15 is 0 Å². The largest absolute Gasteiger partial charge is 0.467 e. The molecular weight excluding hydrogens is 337 g/mol. The molecule has 0 aliphatic carbocycles. The molecule has 0 aliphatic rings. The Morgan fingerprint density at radius 3 is 2.67 bits per heavy atom. The van der Waals surface area contributed by atoms with Gasteiger partial charge in [0.25, 0.3) is 0 Å². The minimum atomic E-state index is -0.716. The van der Waals surface area contributed by atoms with Crippen molar-refractivity contribution in [2.24, 2.45) is 0 Å². The highest BCUT2D eigenvalue weighted by atomic mass is 79.9. The van der Waals surface area contributed by atoms with Crippen LogP contribution in [0.5, 0.6) is 0 Å². The zero-order valence-corrected chi connectivity index (χ0v) is 13.3. The molecule has 2 aromatic carbocycles. The van der Waals surface area contributed by atoms with Crippen LogP contribution < -0.4 is 5.32 Å². The van der Waals surface area contributed by atoms with E-state index in [-0.39, 0.29) is 5.82 Å². The predicted molar refractivity (Wildman–Crippen MR) is 83.7 cm³/mol. The van der Waals surface area contributed by atoms with Gasteiger partial charge in [-0.15, -0.1) is 0 Å². The van der Waals surface area contributed by atoms with Gasteiger partial charge < -0.3 is 10.1 Å². The van der Waals surface area contributed by atoms with Crippen LogP contribution in [0, 0.1) is 12.7 Å². The van der Waals surface area contributed by atoms with Gasteiger partial charge in [-0.05, 0) is 42.3 Å². The van der Waals surface area contributed by atoms with E-state index in [2.05, 4.69) is 21.2 Å². The van der Waals surface area contributed by atoms with Crippen molar-refractivity contribution in [2.45, 2.75) is 13.0 Å². The Kier molecular flexibility index (Phi) is 4.96. The van der Waals surface area contributed by atoms with Crippen LogP contribution in [0.4, 0.5) is 10.1 Å². The zero-order chi connectivity index (χ0) is 15.4. The summed E-state index contributed by atoms with van der Waals surface area (Å²) in [4.78, 5) is 12.0. The number of carbonyl (C=O) groups excluding carboxylic acids is 1. The lowest BCUT2D eigenvalue weighted by atomic mass is 10.1. The number of rotatable bonds is 4. The van der Waals surface area contributed by atoms with E-state index < -0.39 is 12.0 Å². The quantitative estimate of drug-likeness (QED) is 0.838. The molecule has 3 nitrogen and oxygen atoms in total. The maximum absolute atomic E-state index is 13.2. The molecule has 5 heteroatoms. The molecule has 1 atom stereocenters. The molecule has 0 bridgehead atoms. The summed E-state index contributed by atoms with van der Waals surface area (Å²) in [6.07, 6.45) is 0. The third-order valence-corrected chi connectivity index (χ3v) is 3.73. The summed E-state index contributed by atoms with van der Waals surface area (Å²) in [5.41, 5.74) is 2.48. The number of aryl methyl sites for hydroxylation is 1. The SMILES string of the molecule is COC(=O)C(Nc1cccc(C)c1)c1ccc(F)cc1Br. The van der Waals surface area contributed by atoms with Gasteiger partial charge in [-0.3, -0.25) is 0 Å². The first-order chi connectivity index (χ1) is 10.0. The van der Waals surface area contributed by atoms with Crippen molar-refractivity contribution in [1.82, 2.24) is 0 Å². The predicted octanol–water partition coefficient (Wildman–Crippen LogP) is 4.22. The molecule has 0 fully saturated rings. The monoisotopic (exact) mass is 351 g/mol. The van der Waals surface area contributed by atoms with Crippen LogP contribution in [0.3, 0.4) is 0 Å². The minimum Gasteiger partial charge on any atom is -0.467 e. The second kappa shape index (κ2) is 6.72. The van der Waals surface area contributed by atoms with E-state index in [9.17, 15) is 9.18 Å². The molecular formula is C16H15BrFNO2. The number of hydrogen-bond donors (Lipinski definition) is 1. The Hall–Kier alpha value is -1.88. The first kappa shape index (κ1) is 15.5. The normalized spacial score (nSPS) is 11.8. The van der Waals surface area contributed by atoms with Gasteiger partial charge >= 0.3 is 5.97 Å². The van der Waals surface area contributed by atoms with E-state index in [1.807, 2.05) is 31.2 Å². The van der Waals surface area contributed by atoms with Gasteiger partial charge in [0.05, 0.1) is 7.11 Å². The number of anilines is 1. The molecule has 1 unspecified atom stereocenters. The van der Waals surface area contributed by atoms with E-state index in [1.165, 1.54) is 19.2 Å².